The van der Waals surface area contributed by atoms with Gasteiger partial charge in [0, 0.05) is 25.4 Å². The Kier molecular flexibility index (Phi) is 8.48. The van der Waals surface area contributed by atoms with Gasteiger partial charge in [-0.15, -0.1) is 0 Å². The molecule has 1 aromatic rings. The molecule has 0 saturated carbocycles. The van der Waals surface area contributed by atoms with Gasteiger partial charge >= 0.3 is 11.9 Å². The molecular weight excluding hydrogens is 490 g/mol. The maximum absolute atomic E-state index is 13.3. The molecule has 38 heavy (non-hydrogen) atoms. The lowest BCUT2D eigenvalue weighted by molar-refractivity contribution is -0.158. The van der Waals surface area contributed by atoms with Crippen molar-refractivity contribution in [3.05, 3.63) is 53.8 Å². The summed E-state index contributed by atoms with van der Waals surface area (Å²) in [7, 11) is 0. The second-order valence-electron chi connectivity index (χ2n) is 10.4. The molecule has 2 saturated heterocycles. The van der Waals surface area contributed by atoms with Crippen LogP contribution in [0, 0.1) is 11.8 Å². The molecule has 4 rings (SSSR count). The summed E-state index contributed by atoms with van der Waals surface area (Å²) >= 11 is 0. The van der Waals surface area contributed by atoms with E-state index in [9.17, 15) is 19.2 Å². The quantitative estimate of drug-likeness (QED) is 0.554. The van der Waals surface area contributed by atoms with Crippen LogP contribution in [0.4, 0.5) is 0 Å². The van der Waals surface area contributed by atoms with E-state index in [-0.39, 0.29) is 29.3 Å². The van der Waals surface area contributed by atoms with Crippen molar-refractivity contribution in [2.45, 2.75) is 71.1 Å². The van der Waals surface area contributed by atoms with Crippen LogP contribution in [0.3, 0.4) is 0 Å². The number of allylic oxidation sites excluding steroid dienone is 2. The van der Waals surface area contributed by atoms with Crippen LogP contribution in [-0.4, -0.2) is 65.0 Å². The summed E-state index contributed by atoms with van der Waals surface area (Å²) in [6.07, 6.45) is 10.4. The molecule has 1 N–H and O–H groups in total. The molecule has 1 aromatic heterocycles. The first-order valence-electron chi connectivity index (χ1n) is 13.1. The SMILES string of the molecule is CC1=C/[C@@H]2CC(C(=O)O2)c2nc(co2)C(=O)N2CCC[C@@H]2C(=O)O[C@H](C(C)C)[C@H](C)/C=C/C(=O)NC\C=C\1. The van der Waals surface area contributed by atoms with E-state index in [2.05, 4.69) is 10.3 Å². The van der Waals surface area contributed by atoms with Crippen LogP contribution in [0.1, 0.15) is 69.3 Å². The number of carbonyl (C=O) groups excluding carboxylic acids is 4. The van der Waals surface area contributed by atoms with Crippen LogP contribution >= 0.6 is 0 Å². The Hall–Kier alpha value is -3.69. The number of cyclic esters (lactones) is 1. The number of oxazole rings is 1. The average molecular weight is 526 g/mol. The molecule has 1 unspecified atom stereocenters. The van der Waals surface area contributed by atoms with Crippen LogP contribution in [-0.2, 0) is 23.9 Å². The number of hydrogen-bond acceptors (Lipinski definition) is 8. The second kappa shape index (κ2) is 11.8. The number of esters is 2. The van der Waals surface area contributed by atoms with Crippen molar-refractivity contribution in [2.24, 2.45) is 11.8 Å². The topological polar surface area (TPSA) is 128 Å². The van der Waals surface area contributed by atoms with Gasteiger partial charge in [-0.2, -0.15) is 0 Å². The fraction of sp³-hybridized carbons (Fsp3) is 0.536. The van der Waals surface area contributed by atoms with Gasteiger partial charge in [0.2, 0.25) is 11.8 Å². The van der Waals surface area contributed by atoms with Crippen molar-refractivity contribution < 1.29 is 33.1 Å². The predicted octanol–water partition coefficient (Wildman–Crippen LogP) is 3.07. The molecular formula is C28H35N3O7. The van der Waals surface area contributed by atoms with Gasteiger partial charge in [-0.3, -0.25) is 14.4 Å². The third-order valence-electron chi connectivity index (χ3n) is 7.05. The third kappa shape index (κ3) is 6.23. The lowest BCUT2D eigenvalue weighted by atomic mass is 9.94. The molecule has 4 heterocycles. The van der Waals surface area contributed by atoms with Crippen LogP contribution in [0.2, 0.25) is 0 Å². The Morgan fingerprint density at radius 1 is 1.11 bits per heavy atom. The number of hydrogen-bond donors (Lipinski definition) is 1. The zero-order valence-corrected chi connectivity index (χ0v) is 22.2. The van der Waals surface area contributed by atoms with Crippen LogP contribution in [0.25, 0.3) is 0 Å². The highest BCUT2D eigenvalue weighted by atomic mass is 16.6. The predicted molar refractivity (Wildman–Crippen MR) is 137 cm³/mol. The molecule has 204 valence electrons. The number of rotatable bonds is 1. The van der Waals surface area contributed by atoms with Crippen LogP contribution < -0.4 is 5.32 Å². The van der Waals surface area contributed by atoms with Gasteiger partial charge in [-0.25, -0.2) is 9.78 Å². The Bertz CT molecular complexity index is 1160. The Labute approximate surface area is 222 Å². The number of carbonyl (C=O) groups is 4. The summed E-state index contributed by atoms with van der Waals surface area (Å²) in [4.78, 5) is 57.1. The number of amides is 2. The monoisotopic (exact) mass is 525 g/mol. The number of ether oxygens (including phenoxy) is 2. The molecule has 0 aromatic carbocycles. The van der Waals surface area contributed by atoms with Crippen molar-refractivity contribution in [3.8, 4) is 0 Å². The van der Waals surface area contributed by atoms with Gasteiger partial charge in [0.05, 0.1) is 0 Å². The lowest BCUT2D eigenvalue weighted by Crippen LogP contribution is -2.44. The van der Waals surface area contributed by atoms with Gasteiger partial charge in [0.1, 0.15) is 30.4 Å². The molecule has 2 amide bonds. The maximum atomic E-state index is 13.3. The van der Waals surface area contributed by atoms with Crippen LogP contribution in [0.5, 0.6) is 0 Å². The summed E-state index contributed by atoms with van der Waals surface area (Å²) in [6.45, 7) is 8.36. The van der Waals surface area contributed by atoms with Gasteiger partial charge in [-0.05, 0) is 37.8 Å². The van der Waals surface area contributed by atoms with E-state index in [1.807, 2.05) is 39.8 Å². The highest BCUT2D eigenvalue weighted by Gasteiger charge is 2.41. The number of nitrogens with zero attached hydrogens (tertiary/aromatic N) is 2. The zero-order chi connectivity index (χ0) is 27.4. The highest BCUT2D eigenvalue weighted by molar-refractivity contribution is 5.95. The molecule has 2 fully saturated rings. The molecule has 4 bridgehead atoms. The minimum absolute atomic E-state index is 0.0106. The first-order valence-corrected chi connectivity index (χ1v) is 13.1. The zero-order valence-electron chi connectivity index (χ0n) is 22.2. The minimum Gasteiger partial charge on any atom is -0.460 e. The number of aromatic nitrogens is 1. The average Bonchev–Trinajstić information content (AvgIpc) is 3.62. The summed E-state index contributed by atoms with van der Waals surface area (Å²) in [5.41, 5.74) is 0.907. The second-order valence-corrected chi connectivity index (χ2v) is 10.4. The van der Waals surface area contributed by atoms with E-state index in [1.165, 1.54) is 17.2 Å². The van der Waals surface area contributed by atoms with Gasteiger partial charge in [0.25, 0.3) is 5.91 Å². The van der Waals surface area contributed by atoms with E-state index in [4.69, 9.17) is 13.9 Å². The van der Waals surface area contributed by atoms with Crippen molar-refractivity contribution >= 4 is 23.8 Å². The van der Waals surface area contributed by atoms with Gasteiger partial charge < -0.3 is 24.1 Å². The summed E-state index contributed by atoms with van der Waals surface area (Å²) < 4.78 is 16.9. The first-order chi connectivity index (χ1) is 18.1. The molecule has 0 aliphatic carbocycles. The molecule has 5 atom stereocenters. The lowest BCUT2D eigenvalue weighted by Gasteiger charge is -2.29. The van der Waals surface area contributed by atoms with Crippen LogP contribution in [0.15, 0.2) is 46.6 Å². The largest absolute Gasteiger partial charge is 0.460 e. The van der Waals surface area contributed by atoms with Crippen molar-refractivity contribution in [3.63, 3.8) is 0 Å². The molecule has 10 nitrogen and oxygen atoms in total. The summed E-state index contributed by atoms with van der Waals surface area (Å²) in [5, 5.41) is 2.79. The van der Waals surface area contributed by atoms with Gasteiger partial charge in [-0.1, -0.05) is 44.6 Å². The van der Waals surface area contributed by atoms with Crippen molar-refractivity contribution in [1.29, 1.82) is 0 Å². The summed E-state index contributed by atoms with van der Waals surface area (Å²) in [6, 6.07) is -0.748. The van der Waals surface area contributed by atoms with E-state index in [1.54, 1.807) is 12.2 Å². The molecule has 0 radical (unpaired) electrons. The minimum atomic E-state index is -0.748. The molecule has 0 spiro atoms. The van der Waals surface area contributed by atoms with Crippen molar-refractivity contribution in [2.75, 3.05) is 13.1 Å². The normalized spacial score (nSPS) is 32.3. The standard InChI is InChI=1S/C28H35N3O7/c1-16(2)24-18(4)9-10-23(32)29-11-5-7-17(3)13-19-14-20(27(34)37-19)25-30-21(15-36-25)26(33)31-12-6-8-22(31)28(35)38-24/h5,7,9-10,13,15-16,18-20,22,24H,6,8,11-12,14H2,1-4H3,(H,29,32)/b7-5+,10-9+,17-13-/t18-,19-,20?,22-,24-/m1/s1. The Morgan fingerprint density at radius 2 is 1.89 bits per heavy atom. The molecule has 3 aliphatic heterocycles. The Balaban J connectivity index is 1.62. The van der Waals surface area contributed by atoms with E-state index >= 15 is 0 Å². The molecule has 10 heteroatoms. The van der Waals surface area contributed by atoms with Crippen molar-refractivity contribution in [1.82, 2.24) is 15.2 Å². The van der Waals surface area contributed by atoms with E-state index < -0.39 is 42.0 Å². The fourth-order valence-electron chi connectivity index (χ4n) is 5.08. The third-order valence-corrected chi connectivity index (χ3v) is 7.05. The van der Waals surface area contributed by atoms with E-state index in [0.29, 0.717) is 32.4 Å². The Morgan fingerprint density at radius 3 is 2.66 bits per heavy atom. The molecule has 3 aliphatic rings. The smallest absolute Gasteiger partial charge is 0.329 e. The summed E-state index contributed by atoms with van der Waals surface area (Å²) in [5.74, 6) is -2.52. The number of fused-ring (bicyclic) bond motifs is 6. The van der Waals surface area contributed by atoms with Gasteiger partial charge in [0.15, 0.2) is 5.69 Å². The number of nitrogens with one attached hydrogen (secondary N) is 1. The first kappa shape index (κ1) is 27.3. The fourth-order valence-corrected chi connectivity index (χ4v) is 5.08. The highest BCUT2D eigenvalue weighted by Crippen LogP contribution is 2.32. The van der Waals surface area contributed by atoms with E-state index in [0.717, 1.165) is 5.57 Å². The maximum Gasteiger partial charge on any atom is 0.329 e.